The molecule has 6 nitrogen and oxygen atoms in total. The van der Waals surface area contributed by atoms with Crippen LogP contribution in [-0.2, 0) is 4.79 Å². The van der Waals surface area contributed by atoms with Gasteiger partial charge in [0.2, 0.25) is 5.91 Å². The molecule has 1 aliphatic rings. The summed E-state index contributed by atoms with van der Waals surface area (Å²) in [6, 6.07) is -0.241. The van der Waals surface area contributed by atoms with Crippen molar-refractivity contribution in [1.29, 1.82) is 0 Å². The molecule has 1 heterocycles. The number of amides is 3. The Bertz CT molecular complexity index is 239. The smallest absolute Gasteiger partial charge is 0.317 e. The number of carbonyl (C=O) groups excluding carboxylic acids is 2. The summed E-state index contributed by atoms with van der Waals surface area (Å²) in [6.07, 6.45) is 1.85. The van der Waals surface area contributed by atoms with Crippen LogP contribution >= 0.6 is 0 Å². The summed E-state index contributed by atoms with van der Waals surface area (Å²) >= 11 is 0. The molecule has 0 aromatic carbocycles. The van der Waals surface area contributed by atoms with E-state index in [1.54, 1.807) is 4.90 Å². The summed E-state index contributed by atoms with van der Waals surface area (Å²) in [5, 5.41) is 11.5. The zero-order chi connectivity index (χ0) is 11.3. The van der Waals surface area contributed by atoms with E-state index in [-0.39, 0.29) is 12.6 Å². The number of hydrogen-bond acceptors (Lipinski definition) is 3. The van der Waals surface area contributed by atoms with Gasteiger partial charge < -0.3 is 21.1 Å². The van der Waals surface area contributed by atoms with Crippen molar-refractivity contribution >= 4 is 11.9 Å². The van der Waals surface area contributed by atoms with Crippen molar-refractivity contribution in [2.75, 3.05) is 19.6 Å². The van der Waals surface area contributed by atoms with Gasteiger partial charge in [-0.1, -0.05) is 0 Å². The van der Waals surface area contributed by atoms with Crippen LogP contribution in [0.4, 0.5) is 4.79 Å². The van der Waals surface area contributed by atoms with E-state index in [0.717, 1.165) is 32.4 Å². The number of nitrogens with one attached hydrogen (secondary N) is 1. The highest BCUT2D eigenvalue weighted by Gasteiger charge is 2.18. The summed E-state index contributed by atoms with van der Waals surface area (Å²) in [6.45, 7) is 1.35. The molecule has 6 heteroatoms. The second kappa shape index (κ2) is 5.55. The van der Waals surface area contributed by atoms with Gasteiger partial charge in [-0.25, -0.2) is 4.79 Å². The fourth-order valence-corrected chi connectivity index (χ4v) is 1.49. The first-order chi connectivity index (χ1) is 7.11. The number of piperidine rings is 1. The predicted molar refractivity (Wildman–Crippen MR) is 54.0 cm³/mol. The van der Waals surface area contributed by atoms with E-state index in [1.165, 1.54) is 0 Å². The molecule has 1 fully saturated rings. The van der Waals surface area contributed by atoms with Gasteiger partial charge in [0.05, 0.1) is 6.54 Å². The van der Waals surface area contributed by atoms with Crippen molar-refractivity contribution in [2.45, 2.75) is 25.4 Å². The third kappa shape index (κ3) is 3.75. The molecule has 0 aliphatic carbocycles. The fraction of sp³-hybridized carbons (Fsp3) is 0.778. The number of nitrogens with two attached hydrogens (primary N) is 1. The molecule has 86 valence electrons. The molecule has 0 saturated carbocycles. The number of rotatable bonds is 3. The lowest BCUT2D eigenvalue weighted by Gasteiger charge is -2.27. The second-order valence-electron chi connectivity index (χ2n) is 3.65. The van der Waals surface area contributed by atoms with Crippen molar-refractivity contribution in [1.82, 2.24) is 10.2 Å². The Morgan fingerprint density at radius 2 is 1.93 bits per heavy atom. The normalized spacial score (nSPS) is 18.3. The molecule has 1 rings (SSSR count). The van der Waals surface area contributed by atoms with E-state index < -0.39 is 12.0 Å². The molecule has 0 spiro atoms. The van der Waals surface area contributed by atoms with Crippen molar-refractivity contribution in [3.63, 3.8) is 0 Å². The van der Waals surface area contributed by atoms with Gasteiger partial charge in [0.1, 0.15) is 6.10 Å². The molecule has 0 radical (unpaired) electrons. The molecular formula is C9H17N3O3. The van der Waals surface area contributed by atoms with Gasteiger partial charge in [0.15, 0.2) is 0 Å². The Morgan fingerprint density at radius 1 is 1.33 bits per heavy atom. The number of hydrogen-bond donors (Lipinski definition) is 3. The van der Waals surface area contributed by atoms with E-state index in [9.17, 15) is 9.59 Å². The van der Waals surface area contributed by atoms with Crippen LogP contribution in [0.15, 0.2) is 0 Å². The molecule has 3 amide bonds. The molecule has 1 saturated heterocycles. The largest absolute Gasteiger partial charge is 0.381 e. The molecule has 4 N–H and O–H groups in total. The number of aliphatic hydroxyl groups is 1. The molecule has 15 heavy (non-hydrogen) atoms. The fourth-order valence-electron chi connectivity index (χ4n) is 1.49. The van der Waals surface area contributed by atoms with Crippen LogP contribution in [0.5, 0.6) is 0 Å². The Labute approximate surface area is 88.4 Å². The first-order valence-electron chi connectivity index (χ1n) is 5.11. The molecule has 0 aromatic heterocycles. The summed E-state index contributed by atoms with van der Waals surface area (Å²) in [7, 11) is 0. The van der Waals surface area contributed by atoms with Crippen molar-refractivity contribution < 1.29 is 14.7 Å². The van der Waals surface area contributed by atoms with Gasteiger partial charge in [0, 0.05) is 13.1 Å². The maximum absolute atomic E-state index is 11.5. The quantitative estimate of drug-likeness (QED) is 0.565. The zero-order valence-corrected chi connectivity index (χ0v) is 8.61. The number of carbonyl (C=O) groups is 2. The van der Waals surface area contributed by atoms with Gasteiger partial charge in [-0.2, -0.15) is 0 Å². The third-order valence-electron chi connectivity index (χ3n) is 2.42. The lowest BCUT2D eigenvalue weighted by molar-refractivity contribution is -0.125. The number of aliphatic hydroxyl groups excluding tert-OH is 1. The second-order valence-corrected chi connectivity index (χ2v) is 3.65. The first kappa shape index (κ1) is 11.8. The van der Waals surface area contributed by atoms with Gasteiger partial charge >= 0.3 is 6.03 Å². The monoisotopic (exact) mass is 215 g/mol. The molecule has 1 unspecified atom stereocenters. The predicted octanol–water partition coefficient (Wildman–Crippen LogP) is -0.972. The van der Waals surface area contributed by atoms with Crippen molar-refractivity contribution in [3.8, 4) is 0 Å². The average Bonchev–Trinajstić information content (AvgIpc) is 2.26. The Hall–Kier alpha value is -1.30. The molecule has 1 aliphatic heterocycles. The topological polar surface area (TPSA) is 95.7 Å². The Balaban J connectivity index is 2.25. The van der Waals surface area contributed by atoms with Gasteiger partial charge in [-0.05, 0) is 19.3 Å². The number of urea groups is 1. The van der Waals surface area contributed by atoms with E-state index in [4.69, 9.17) is 10.8 Å². The summed E-state index contributed by atoms with van der Waals surface area (Å²) in [5.74, 6) is -0.825. The van der Waals surface area contributed by atoms with Crippen LogP contribution in [0.2, 0.25) is 0 Å². The van der Waals surface area contributed by atoms with Crippen molar-refractivity contribution in [2.24, 2.45) is 5.73 Å². The van der Waals surface area contributed by atoms with Crippen LogP contribution in [0, 0.1) is 0 Å². The van der Waals surface area contributed by atoms with Gasteiger partial charge in [-0.3, -0.25) is 4.79 Å². The van der Waals surface area contributed by atoms with E-state index >= 15 is 0 Å². The lowest BCUT2D eigenvalue weighted by atomic mass is 10.1. The number of likely N-dealkylation sites (tertiary alicyclic amines) is 1. The SMILES string of the molecule is NC(=O)C(O)CNC(=O)N1CCCCC1. The van der Waals surface area contributed by atoms with Gasteiger partial charge in [0.25, 0.3) is 0 Å². The number of primary amides is 1. The van der Waals surface area contributed by atoms with Crippen molar-refractivity contribution in [3.05, 3.63) is 0 Å². The van der Waals surface area contributed by atoms with Crippen LogP contribution in [0.1, 0.15) is 19.3 Å². The van der Waals surface area contributed by atoms with E-state index in [1.807, 2.05) is 0 Å². The first-order valence-corrected chi connectivity index (χ1v) is 5.11. The van der Waals surface area contributed by atoms with E-state index in [2.05, 4.69) is 5.32 Å². The highest BCUT2D eigenvalue weighted by Crippen LogP contribution is 2.08. The highest BCUT2D eigenvalue weighted by atomic mass is 16.3. The Morgan fingerprint density at radius 3 is 2.47 bits per heavy atom. The Kier molecular flexibility index (Phi) is 4.36. The number of nitrogens with zero attached hydrogens (tertiary/aromatic N) is 1. The van der Waals surface area contributed by atoms with E-state index in [0.29, 0.717) is 0 Å². The van der Waals surface area contributed by atoms with Gasteiger partial charge in [-0.15, -0.1) is 0 Å². The van der Waals surface area contributed by atoms with Crippen LogP contribution < -0.4 is 11.1 Å². The minimum atomic E-state index is -1.31. The summed E-state index contributed by atoms with van der Waals surface area (Å²) in [5.41, 5.74) is 4.85. The zero-order valence-electron chi connectivity index (χ0n) is 8.61. The summed E-state index contributed by atoms with van der Waals surface area (Å²) in [4.78, 5) is 23.6. The van der Waals surface area contributed by atoms with Crippen LogP contribution in [0.25, 0.3) is 0 Å². The van der Waals surface area contributed by atoms with Crippen LogP contribution in [-0.4, -0.2) is 47.7 Å². The molecule has 0 bridgehead atoms. The van der Waals surface area contributed by atoms with Crippen LogP contribution in [0.3, 0.4) is 0 Å². The minimum Gasteiger partial charge on any atom is -0.381 e. The molecule has 0 aromatic rings. The maximum atomic E-state index is 11.5. The summed E-state index contributed by atoms with van der Waals surface area (Å²) < 4.78 is 0. The molecule has 1 atom stereocenters. The maximum Gasteiger partial charge on any atom is 0.317 e. The molecular weight excluding hydrogens is 198 g/mol. The lowest BCUT2D eigenvalue weighted by Crippen LogP contribution is -2.47. The standard InChI is InChI=1S/C9H17N3O3/c10-8(14)7(13)6-11-9(15)12-4-2-1-3-5-12/h7,13H,1-6H2,(H2,10,14)(H,11,15). The highest BCUT2D eigenvalue weighted by molar-refractivity contribution is 5.80. The average molecular weight is 215 g/mol. The third-order valence-corrected chi connectivity index (χ3v) is 2.42. The minimum absolute atomic E-state index is 0.120.